The minimum absolute atomic E-state index is 0. The first-order valence-corrected chi connectivity index (χ1v) is 7.43. The van der Waals surface area contributed by atoms with Gasteiger partial charge in [0.15, 0.2) is 5.96 Å². The molecule has 1 aromatic carbocycles. The second-order valence-corrected chi connectivity index (χ2v) is 5.29. The highest BCUT2D eigenvalue weighted by atomic mass is 127. The van der Waals surface area contributed by atoms with E-state index in [-0.39, 0.29) is 24.0 Å². The number of pyridine rings is 1. The van der Waals surface area contributed by atoms with Gasteiger partial charge in [-0.1, -0.05) is 42.5 Å². The van der Waals surface area contributed by atoms with Crippen LogP contribution >= 0.6 is 24.0 Å². The van der Waals surface area contributed by atoms with Crippen LogP contribution in [0.25, 0.3) is 0 Å². The van der Waals surface area contributed by atoms with E-state index in [0.29, 0.717) is 31.5 Å². The Morgan fingerprint density at radius 1 is 1.25 bits per heavy atom. The summed E-state index contributed by atoms with van der Waals surface area (Å²) in [5.41, 5.74) is 8.89. The molecule has 2 aromatic rings. The molecule has 0 aliphatic carbocycles. The zero-order valence-corrected chi connectivity index (χ0v) is 16.1. The number of ether oxygens (including phenoxy) is 1. The van der Waals surface area contributed by atoms with Crippen LogP contribution in [0.2, 0.25) is 0 Å². The van der Waals surface area contributed by atoms with Crippen molar-refractivity contribution in [3.63, 3.8) is 0 Å². The molecule has 0 aliphatic rings. The topological polar surface area (TPSA) is 72.5 Å². The number of rotatable bonds is 7. The molecule has 0 atom stereocenters. The van der Waals surface area contributed by atoms with Gasteiger partial charge in [-0.05, 0) is 24.1 Å². The molecule has 0 aliphatic heterocycles. The Kier molecular flexibility index (Phi) is 8.85. The van der Waals surface area contributed by atoms with Crippen LogP contribution in [-0.2, 0) is 13.2 Å². The molecule has 0 bridgehead atoms. The molecule has 0 saturated heterocycles. The van der Waals surface area contributed by atoms with E-state index in [2.05, 4.69) is 21.9 Å². The number of benzene rings is 1. The summed E-state index contributed by atoms with van der Waals surface area (Å²) in [5.74, 6) is 0.978. The van der Waals surface area contributed by atoms with Gasteiger partial charge in [-0.15, -0.1) is 24.0 Å². The number of aliphatic imine (C=N–C) groups is 1. The maximum absolute atomic E-state index is 5.79. The third kappa shape index (κ3) is 7.45. The van der Waals surface area contributed by atoms with Crippen molar-refractivity contribution < 1.29 is 4.74 Å². The van der Waals surface area contributed by atoms with Crippen LogP contribution in [0.15, 0.2) is 65.8 Å². The Balaban J connectivity index is 0.00000288. The first-order valence-electron chi connectivity index (χ1n) is 7.43. The Hall–Kier alpha value is -2.09. The van der Waals surface area contributed by atoms with E-state index in [0.717, 1.165) is 16.7 Å². The van der Waals surface area contributed by atoms with E-state index < -0.39 is 0 Å². The van der Waals surface area contributed by atoms with Crippen molar-refractivity contribution in [2.75, 3.05) is 6.54 Å². The van der Waals surface area contributed by atoms with Crippen molar-refractivity contribution in [1.82, 2.24) is 10.3 Å². The van der Waals surface area contributed by atoms with Crippen molar-refractivity contribution in [3.8, 4) is 5.88 Å². The summed E-state index contributed by atoms with van der Waals surface area (Å²) in [7, 11) is 0. The van der Waals surface area contributed by atoms with Gasteiger partial charge in [0.2, 0.25) is 5.88 Å². The fourth-order valence-electron chi connectivity index (χ4n) is 1.83. The molecule has 0 unspecified atom stereocenters. The average molecular weight is 438 g/mol. The van der Waals surface area contributed by atoms with E-state index >= 15 is 0 Å². The van der Waals surface area contributed by atoms with Crippen LogP contribution < -0.4 is 15.8 Å². The number of nitrogens with two attached hydrogens (primary N) is 1. The van der Waals surface area contributed by atoms with E-state index in [4.69, 9.17) is 10.5 Å². The highest BCUT2D eigenvalue weighted by Crippen LogP contribution is 2.12. The van der Waals surface area contributed by atoms with Gasteiger partial charge in [0.25, 0.3) is 0 Å². The Labute approximate surface area is 160 Å². The standard InChI is InChI=1S/C18H22N4O.HI/c1-14(2)11-21-18(19)22-12-16-8-9-20-17(10-16)23-13-15-6-4-3-5-7-15;/h3-10H,1,11-13H2,2H3,(H3,19,21,22);1H. The van der Waals surface area contributed by atoms with Gasteiger partial charge in [0.05, 0.1) is 6.54 Å². The van der Waals surface area contributed by atoms with Crippen molar-refractivity contribution in [2.24, 2.45) is 10.7 Å². The van der Waals surface area contributed by atoms with Crippen LogP contribution in [0.1, 0.15) is 18.1 Å². The van der Waals surface area contributed by atoms with Crippen LogP contribution in [0.4, 0.5) is 0 Å². The summed E-state index contributed by atoms with van der Waals surface area (Å²) in [5, 5.41) is 2.99. The van der Waals surface area contributed by atoms with Crippen LogP contribution in [-0.4, -0.2) is 17.5 Å². The largest absolute Gasteiger partial charge is 0.473 e. The quantitative estimate of drug-likeness (QED) is 0.301. The lowest BCUT2D eigenvalue weighted by atomic mass is 10.2. The van der Waals surface area contributed by atoms with E-state index in [1.54, 1.807) is 6.20 Å². The predicted molar refractivity (Wildman–Crippen MR) is 109 cm³/mol. The second-order valence-electron chi connectivity index (χ2n) is 5.29. The van der Waals surface area contributed by atoms with Crippen LogP contribution in [0.3, 0.4) is 0 Å². The smallest absolute Gasteiger partial charge is 0.213 e. The average Bonchev–Trinajstić information content (AvgIpc) is 2.57. The molecule has 128 valence electrons. The SMILES string of the molecule is C=C(C)CNC(N)=NCc1ccnc(OCc2ccccc2)c1.I. The molecular weight excluding hydrogens is 415 g/mol. The summed E-state index contributed by atoms with van der Waals surface area (Å²) in [6.45, 7) is 7.32. The summed E-state index contributed by atoms with van der Waals surface area (Å²) in [6.07, 6.45) is 1.71. The van der Waals surface area contributed by atoms with Gasteiger partial charge in [0.1, 0.15) is 6.61 Å². The minimum Gasteiger partial charge on any atom is -0.473 e. The Morgan fingerprint density at radius 2 is 2.00 bits per heavy atom. The Morgan fingerprint density at radius 3 is 2.71 bits per heavy atom. The molecule has 1 aromatic heterocycles. The first kappa shape index (κ1) is 20.0. The van der Waals surface area contributed by atoms with Crippen molar-refractivity contribution in [3.05, 3.63) is 71.9 Å². The Bertz CT molecular complexity index is 674. The highest BCUT2D eigenvalue weighted by molar-refractivity contribution is 14.0. The molecule has 0 fully saturated rings. The summed E-state index contributed by atoms with van der Waals surface area (Å²) in [6, 6.07) is 13.7. The third-order valence-corrected chi connectivity index (χ3v) is 3.03. The van der Waals surface area contributed by atoms with Crippen LogP contribution in [0, 0.1) is 0 Å². The third-order valence-electron chi connectivity index (χ3n) is 3.03. The lowest BCUT2D eigenvalue weighted by Gasteiger charge is -2.07. The van der Waals surface area contributed by atoms with Crippen molar-refractivity contribution in [2.45, 2.75) is 20.1 Å². The molecule has 0 radical (unpaired) electrons. The molecular formula is C18H23IN4O. The number of hydrogen-bond donors (Lipinski definition) is 2. The number of nitrogens with zero attached hydrogens (tertiary/aromatic N) is 2. The van der Waals surface area contributed by atoms with Gasteiger partial charge >= 0.3 is 0 Å². The monoisotopic (exact) mass is 438 g/mol. The highest BCUT2D eigenvalue weighted by Gasteiger charge is 2.00. The number of hydrogen-bond acceptors (Lipinski definition) is 3. The van der Waals surface area contributed by atoms with Gasteiger partial charge in [-0.2, -0.15) is 0 Å². The molecule has 5 nitrogen and oxygen atoms in total. The first-order chi connectivity index (χ1) is 11.1. The molecule has 0 amide bonds. The molecule has 3 N–H and O–H groups in total. The molecule has 0 saturated carbocycles. The number of halogens is 1. The lowest BCUT2D eigenvalue weighted by Crippen LogP contribution is -2.32. The normalized spacial score (nSPS) is 10.6. The zero-order valence-electron chi connectivity index (χ0n) is 13.7. The number of aromatic nitrogens is 1. The molecule has 2 rings (SSSR count). The summed E-state index contributed by atoms with van der Waals surface area (Å²) >= 11 is 0. The maximum Gasteiger partial charge on any atom is 0.213 e. The number of guanidine groups is 1. The second kappa shape index (κ2) is 10.6. The van der Waals surface area contributed by atoms with E-state index in [9.17, 15) is 0 Å². The van der Waals surface area contributed by atoms with Gasteiger partial charge in [0, 0.05) is 18.8 Å². The zero-order chi connectivity index (χ0) is 16.5. The summed E-state index contributed by atoms with van der Waals surface area (Å²) in [4.78, 5) is 8.50. The number of nitrogens with one attached hydrogen (secondary N) is 1. The van der Waals surface area contributed by atoms with Crippen molar-refractivity contribution >= 4 is 29.9 Å². The van der Waals surface area contributed by atoms with Gasteiger partial charge in [-0.25, -0.2) is 9.98 Å². The lowest BCUT2D eigenvalue weighted by molar-refractivity contribution is 0.293. The van der Waals surface area contributed by atoms with Gasteiger partial charge < -0.3 is 15.8 Å². The van der Waals surface area contributed by atoms with E-state index in [1.807, 2.05) is 49.4 Å². The molecule has 24 heavy (non-hydrogen) atoms. The molecule has 0 spiro atoms. The fraction of sp³-hybridized carbons (Fsp3) is 0.222. The van der Waals surface area contributed by atoms with Crippen LogP contribution in [0.5, 0.6) is 5.88 Å². The van der Waals surface area contributed by atoms with Crippen molar-refractivity contribution in [1.29, 1.82) is 0 Å². The van der Waals surface area contributed by atoms with E-state index in [1.165, 1.54) is 0 Å². The summed E-state index contributed by atoms with van der Waals surface area (Å²) < 4.78 is 5.70. The molecule has 6 heteroatoms. The maximum atomic E-state index is 5.79. The fourth-order valence-corrected chi connectivity index (χ4v) is 1.83. The minimum atomic E-state index is 0. The molecule has 1 heterocycles. The predicted octanol–water partition coefficient (Wildman–Crippen LogP) is 3.26. The van der Waals surface area contributed by atoms with Gasteiger partial charge in [-0.3, -0.25) is 0 Å².